The van der Waals surface area contributed by atoms with E-state index in [1.807, 2.05) is 61.5 Å². The summed E-state index contributed by atoms with van der Waals surface area (Å²) in [6, 6.07) is 17.2. The van der Waals surface area contributed by atoms with Crippen LogP contribution in [0.5, 0.6) is 5.75 Å². The molecule has 0 spiro atoms. The fourth-order valence-corrected chi connectivity index (χ4v) is 2.21. The second-order valence-electron chi connectivity index (χ2n) is 4.46. The fraction of sp³-hybridized carbons (Fsp3) is 0.235. The number of methoxy groups -OCH3 is 1. The number of carbonyl (C=O) groups excluding carboxylic acids is 1. The van der Waals surface area contributed by atoms with Crippen LogP contribution in [0.15, 0.2) is 54.6 Å². The summed E-state index contributed by atoms with van der Waals surface area (Å²) < 4.78 is 5.11. The van der Waals surface area contributed by atoms with Gasteiger partial charge in [-0.3, -0.25) is 4.79 Å². The first kappa shape index (κ1) is 13.3. The third-order valence-corrected chi connectivity index (χ3v) is 3.30. The minimum Gasteiger partial charge on any atom is -0.497 e. The summed E-state index contributed by atoms with van der Waals surface area (Å²) in [5.41, 5.74) is 1.81. The molecule has 2 rings (SSSR count). The predicted molar refractivity (Wildman–Crippen MR) is 76.8 cm³/mol. The number of rotatable bonds is 5. The van der Waals surface area contributed by atoms with Crippen molar-refractivity contribution in [3.8, 4) is 5.75 Å². The maximum absolute atomic E-state index is 12.5. The summed E-state index contributed by atoms with van der Waals surface area (Å²) >= 11 is 0. The van der Waals surface area contributed by atoms with Gasteiger partial charge in [-0.25, -0.2) is 0 Å². The summed E-state index contributed by atoms with van der Waals surface area (Å²) in [7, 11) is 1.62. The van der Waals surface area contributed by atoms with Crippen LogP contribution in [0.2, 0.25) is 0 Å². The Bertz CT molecular complexity index is 529. The van der Waals surface area contributed by atoms with Gasteiger partial charge < -0.3 is 4.74 Å². The van der Waals surface area contributed by atoms with E-state index in [1.54, 1.807) is 7.11 Å². The van der Waals surface area contributed by atoms with E-state index in [4.69, 9.17) is 4.74 Å². The van der Waals surface area contributed by atoms with Crippen LogP contribution in [0.1, 0.15) is 35.2 Å². The number of hydrogen-bond donors (Lipinski definition) is 0. The molecule has 0 N–H and O–H groups in total. The summed E-state index contributed by atoms with van der Waals surface area (Å²) in [6.45, 7) is 2.04. The number of hydrogen-bond acceptors (Lipinski definition) is 2. The smallest absolute Gasteiger partial charge is 0.170 e. The van der Waals surface area contributed by atoms with Crippen molar-refractivity contribution in [1.29, 1.82) is 0 Å². The van der Waals surface area contributed by atoms with Crippen LogP contribution in [-0.2, 0) is 0 Å². The van der Waals surface area contributed by atoms with Gasteiger partial charge >= 0.3 is 0 Å². The zero-order valence-electron chi connectivity index (χ0n) is 11.3. The standard InChI is InChI=1S/C17H18O2/c1-3-16(13-7-5-4-6-8-13)17(18)14-9-11-15(19-2)12-10-14/h4-12,16H,3H2,1-2H3/t16-/m1/s1. The van der Waals surface area contributed by atoms with Gasteiger partial charge in [-0.15, -0.1) is 0 Å². The van der Waals surface area contributed by atoms with Gasteiger partial charge in [-0.1, -0.05) is 37.3 Å². The van der Waals surface area contributed by atoms with E-state index < -0.39 is 0 Å². The maximum atomic E-state index is 12.5. The predicted octanol–water partition coefficient (Wildman–Crippen LogP) is 4.07. The molecule has 0 bridgehead atoms. The molecule has 0 radical (unpaired) electrons. The third-order valence-electron chi connectivity index (χ3n) is 3.30. The van der Waals surface area contributed by atoms with E-state index in [-0.39, 0.29) is 11.7 Å². The lowest BCUT2D eigenvalue weighted by molar-refractivity contribution is 0.0957. The van der Waals surface area contributed by atoms with Gasteiger partial charge in [0.05, 0.1) is 7.11 Å². The van der Waals surface area contributed by atoms with Gasteiger partial charge in [0.1, 0.15) is 5.75 Å². The molecule has 0 aliphatic rings. The minimum absolute atomic E-state index is 0.0744. The molecule has 98 valence electrons. The molecule has 1 atom stereocenters. The molecule has 2 aromatic carbocycles. The van der Waals surface area contributed by atoms with Gasteiger partial charge in [0.15, 0.2) is 5.78 Å². The van der Waals surface area contributed by atoms with Crippen molar-refractivity contribution in [2.45, 2.75) is 19.3 Å². The first-order valence-electron chi connectivity index (χ1n) is 6.49. The average molecular weight is 254 g/mol. The van der Waals surface area contributed by atoms with Crippen LogP contribution in [0, 0.1) is 0 Å². The highest BCUT2D eigenvalue weighted by Crippen LogP contribution is 2.25. The van der Waals surface area contributed by atoms with Crippen LogP contribution in [0.3, 0.4) is 0 Å². The van der Waals surface area contributed by atoms with Crippen molar-refractivity contribution < 1.29 is 9.53 Å². The molecule has 0 heterocycles. The molecule has 2 aromatic rings. The van der Waals surface area contributed by atoms with Crippen molar-refractivity contribution in [3.63, 3.8) is 0 Å². The zero-order valence-corrected chi connectivity index (χ0v) is 11.3. The van der Waals surface area contributed by atoms with Crippen LogP contribution in [-0.4, -0.2) is 12.9 Å². The van der Waals surface area contributed by atoms with Crippen molar-refractivity contribution in [1.82, 2.24) is 0 Å². The number of ketones is 1. The van der Waals surface area contributed by atoms with Crippen LogP contribution in [0.4, 0.5) is 0 Å². The second kappa shape index (κ2) is 6.19. The summed E-state index contributed by atoms with van der Waals surface area (Å²) in [5, 5.41) is 0. The summed E-state index contributed by atoms with van der Waals surface area (Å²) in [6.07, 6.45) is 0.800. The Labute approximate surface area is 114 Å². The highest BCUT2D eigenvalue weighted by molar-refractivity contribution is 6.01. The molecule has 0 amide bonds. The lowest BCUT2D eigenvalue weighted by atomic mass is 9.89. The van der Waals surface area contributed by atoms with Crippen molar-refractivity contribution in [2.75, 3.05) is 7.11 Å². The number of ether oxygens (including phenoxy) is 1. The normalized spacial score (nSPS) is 11.9. The average Bonchev–Trinajstić information content (AvgIpc) is 2.49. The highest BCUT2D eigenvalue weighted by Gasteiger charge is 2.19. The summed E-state index contributed by atoms with van der Waals surface area (Å²) in [5.74, 6) is 0.857. The fourth-order valence-electron chi connectivity index (χ4n) is 2.21. The summed E-state index contributed by atoms with van der Waals surface area (Å²) in [4.78, 5) is 12.5. The molecule has 0 aliphatic carbocycles. The second-order valence-corrected chi connectivity index (χ2v) is 4.46. The van der Waals surface area contributed by atoms with Gasteiger partial charge in [0, 0.05) is 11.5 Å². The Morgan fingerprint density at radius 1 is 1.05 bits per heavy atom. The molecule has 2 nitrogen and oxygen atoms in total. The molecule has 0 aliphatic heterocycles. The lowest BCUT2D eigenvalue weighted by Gasteiger charge is -2.14. The minimum atomic E-state index is -0.0744. The first-order valence-corrected chi connectivity index (χ1v) is 6.49. The van der Waals surface area contributed by atoms with Crippen LogP contribution in [0.25, 0.3) is 0 Å². The van der Waals surface area contributed by atoms with Crippen LogP contribution >= 0.6 is 0 Å². The Morgan fingerprint density at radius 2 is 1.68 bits per heavy atom. The van der Waals surface area contributed by atoms with Gasteiger partial charge in [0.2, 0.25) is 0 Å². The van der Waals surface area contributed by atoms with Gasteiger partial charge in [0.25, 0.3) is 0 Å². The Morgan fingerprint density at radius 3 is 2.21 bits per heavy atom. The van der Waals surface area contributed by atoms with E-state index >= 15 is 0 Å². The van der Waals surface area contributed by atoms with Crippen molar-refractivity contribution >= 4 is 5.78 Å². The van der Waals surface area contributed by atoms with Gasteiger partial charge in [-0.05, 0) is 36.2 Å². The monoisotopic (exact) mass is 254 g/mol. The molecule has 0 unspecified atom stereocenters. The lowest BCUT2D eigenvalue weighted by Crippen LogP contribution is -2.12. The van der Waals surface area contributed by atoms with E-state index in [0.29, 0.717) is 0 Å². The SMILES string of the molecule is CC[C@@H](C(=O)c1ccc(OC)cc1)c1ccccc1. The molecular weight excluding hydrogens is 236 g/mol. The Kier molecular flexibility index (Phi) is 4.35. The molecule has 0 fully saturated rings. The topological polar surface area (TPSA) is 26.3 Å². The Hall–Kier alpha value is -2.09. The Balaban J connectivity index is 2.25. The highest BCUT2D eigenvalue weighted by atomic mass is 16.5. The van der Waals surface area contributed by atoms with Crippen LogP contribution < -0.4 is 4.74 Å². The van der Waals surface area contributed by atoms with Crippen molar-refractivity contribution in [2.24, 2.45) is 0 Å². The molecule has 0 saturated carbocycles. The zero-order chi connectivity index (χ0) is 13.7. The number of carbonyl (C=O) groups is 1. The van der Waals surface area contributed by atoms with Gasteiger partial charge in [-0.2, -0.15) is 0 Å². The van der Waals surface area contributed by atoms with E-state index in [0.717, 1.165) is 23.3 Å². The first-order chi connectivity index (χ1) is 9.26. The van der Waals surface area contributed by atoms with E-state index in [2.05, 4.69) is 0 Å². The number of benzene rings is 2. The number of Topliss-reactive ketones (excluding diaryl/α,β-unsaturated/α-hetero) is 1. The largest absolute Gasteiger partial charge is 0.497 e. The van der Waals surface area contributed by atoms with Crippen molar-refractivity contribution in [3.05, 3.63) is 65.7 Å². The molecule has 0 aromatic heterocycles. The van der Waals surface area contributed by atoms with E-state index in [9.17, 15) is 4.79 Å². The molecule has 2 heteroatoms. The van der Waals surface area contributed by atoms with E-state index in [1.165, 1.54) is 0 Å². The molecule has 0 saturated heterocycles. The third kappa shape index (κ3) is 3.02. The maximum Gasteiger partial charge on any atom is 0.170 e. The molecular formula is C17H18O2. The quantitative estimate of drug-likeness (QED) is 0.752. The molecule has 19 heavy (non-hydrogen) atoms.